The van der Waals surface area contributed by atoms with Crippen LogP contribution in [0.2, 0.25) is 0 Å². The van der Waals surface area contributed by atoms with Crippen molar-refractivity contribution in [1.82, 2.24) is 0 Å². The van der Waals surface area contributed by atoms with Gasteiger partial charge in [-0.2, -0.15) is 0 Å². The molecule has 1 aliphatic heterocycles. The molecule has 94 valence electrons. The van der Waals surface area contributed by atoms with E-state index in [4.69, 9.17) is 9.88 Å². The lowest BCUT2D eigenvalue weighted by Crippen LogP contribution is -2.36. The number of primary sulfonamides is 1. The first-order valence-electron chi connectivity index (χ1n) is 5.13. The van der Waals surface area contributed by atoms with Gasteiger partial charge in [-0.1, -0.05) is 0 Å². The molecule has 1 aromatic rings. The smallest absolute Gasteiger partial charge is 0.238 e. The summed E-state index contributed by atoms with van der Waals surface area (Å²) < 4.78 is 41.0. The molecular weight excluding hydrogens is 247 g/mol. The van der Waals surface area contributed by atoms with E-state index in [1.54, 1.807) is 0 Å². The van der Waals surface area contributed by atoms with Crippen molar-refractivity contribution in [3.63, 3.8) is 0 Å². The van der Waals surface area contributed by atoms with E-state index >= 15 is 0 Å². The number of nitrogens with zero attached hydrogens (tertiary/aromatic N) is 1. The molecule has 5 nitrogen and oxygen atoms in total. The fourth-order valence-corrected chi connectivity index (χ4v) is 2.25. The highest BCUT2D eigenvalue weighted by molar-refractivity contribution is 7.89. The molecule has 0 aromatic heterocycles. The monoisotopic (exact) mass is 260 g/mol. The molecule has 0 unspecified atom stereocenters. The zero-order chi connectivity index (χ0) is 12.5. The first-order valence-corrected chi connectivity index (χ1v) is 6.68. The normalized spacial score (nSPS) is 17.2. The molecule has 1 aromatic carbocycles. The van der Waals surface area contributed by atoms with Crippen molar-refractivity contribution in [3.8, 4) is 0 Å². The molecule has 2 N–H and O–H groups in total. The maximum Gasteiger partial charge on any atom is 0.238 e. The first kappa shape index (κ1) is 12.3. The van der Waals surface area contributed by atoms with Crippen molar-refractivity contribution in [2.75, 3.05) is 31.2 Å². The van der Waals surface area contributed by atoms with E-state index in [1.165, 1.54) is 12.1 Å². The number of hydrogen-bond acceptors (Lipinski definition) is 4. The second kappa shape index (κ2) is 4.59. The Kier molecular flexibility index (Phi) is 3.32. The van der Waals surface area contributed by atoms with Gasteiger partial charge in [0.05, 0.1) is 23.8 Å². The lowest BCUT2D eigenvalue weighted by atomic mass is 10.2. The van der Waals surface area contributed by atoms with Crippen molar-refractivity contribution in [2.45, 2.75) is 4.90 Å². The highest BCUT2D eigenvalue weighted by Gasteiger charge is 2.17. The van der Waals surface area contributed by atoms with Crippen molar-refractivity contribution in [3.05, 3.63) is 24.0 Å². The number of morpholine rings is 1. The number of nitrogens with two attached hydrogens (primary N) is 1. The Bertz CT molecular complexity index is 512. The molecule has 0 amide bonds. The number of benzene rings is 1. The lowest BCUT2D eigenvalue weighted by molar-refractivity contribution is 0.122. The average Bonchev–Trinajstić information content (AvgIpc) is 2.29. The molecule has 1 heterocycles. The Hall–Kier alpha value is -1.18. The van der Waals surface area contributed by atoms with Crippen LogP contribution in [0.25, 0.3) is 0 Å². The van der Waals surface area contributed by atoms with E-state index in [2.05, 4.69) is 0 Å². The van der Waals surface area contributed by atoms with Gasteiger partial charge in [-0.15, -0.1) is 0 Å². The van der Waals surface area contributed by atoms with Crippen LogP contribution in [-0.2, 0) is 14.8 Å². The molecular formula is C10H13FN2O3S. The van der Waals surface area contributed by atoms with Crippen LogP contribution < -0.4 is 10.0 Å². The van der Waals surface area contributed by atoms with Crippen LogP contribution in [0.1, 0.15) is 0 Å². The quantitative estimate of drug-likeness (QED) is 0.830. The Morgan fingerprint density at radius 2 is 1.94 bits per heavy atom. The van der Waals surface area contributed by atoms with Crippen LogP contribution in [0.4, 0.5) is 10.1 Å². The molecule has 0 spiro atoms. The Balaban J connectivity index is 2.31. The van der Waals surface area contributed by atoms with Crippen molar-refractivity contribution in [1.29, 1.82) is 0 Å². The minimum atomic E-state index is -3.86. The Morgan fingerprint density at radius 3 is 2.47 bits per heavy atom. The average molecular weight is 260 g/mol. The molecule has 0 bridgehead atoms. The molecule has 0 radical (unpaired) electrons. The van der Waals surface area contributed by atoms with Gasteiger partial charge in [-0.05, 0) is 18.2 Å². The van der Waals surface area contributed by atoms with Gasteiger partial charge < -0.3 is 9.64 Å². The SMILES string of the molecule is NS(=O)(=O)c1ccc(N2CCOCC2)c(F)c1. The second-order valence-electron chi connectivity index (χ2n) is 3.76. The number of ether oxygens (including phenoxy) is 1. The highest BCUT2D eigenvalue weighted by atomic mass is 32.2. The van der Waals surface area contributed by atoms with Gasteiger partial charge in [-0.3, -0.25) is 0 Å². The summed E-state index contributed by atoms with van der Waals surface area (Å²) in [6, 6.07) is 3.68. The zero-order valence-electron chi connectivity index (χ0n) is 9.10. The van der Waals surface area contributed by atoms with Crippen LogP contribution >= 0.6 is 0 Å². The van der Waals surface area contributed by atoms with E-state index in [0.29, 0.717) is 32.0 Å². The zero-order valence-corrected chi connectivity index (χ0v) is 9.91. The van der Waals surface area contributed by atoms with Gasteiger partial charge in [0.15, 0.2) is 0 Å². The molecule has 0 aliphatic carbocycles. The van der Waals surface area contributed by atoms with Crippen molar-refractivity contribution < 1.29 is 17.5 Å². The topological polar surface area (TPSA) is 72.6 Å². The summed E-state index contributed by atoms with van der Waals surface area (Å²) in [6.07, 6.45) is 0. The lowest BCUT2D eigenvalue weighted by Gasteiger charge is -2.29. The summed E-state index contributed by atoms with van der Waals surface area (Å²) in [7, 11) is -3.86. The number of halogens is 1. The number of anilines is 1. The predicted octanol–water partition coefficient (Wildman–Crippen LogP) is 0.310. The van der Waals surface area contributed by atoms with E-state index in [-0.39, 0.29) is 4.90 Å². The maximum atomic E-state index is 13.8. The summed E-state index contributed by atoms with van der Waals surface area (Å²) >= 11 is 0. The van der Waals surface area contributed by atoms with Gasteiger partial charge in [0.1, 0.15) is 5.82 Å². The number of sulfonamides is 1. The summed E-state index contributed by atoms with van der Waals surface area (Å²) in [6.45, 7) is 2.25. The highest BCUT2D eigenvalue weighted by Crippen LogP contribution is 2.22. The summed E-state index contributed by atoms with van der Waals surface area (Å²) in [5, 5.41) is 4.93. The van der Waals surface area contributed by atoms with Crippen molar-refractivity contribution >= 4 is 15.7 Å². The molecule has 0 atom stereocenters. The van der Waals surface area contributed by atoms with Gasteiger partial charge in [-0.25, -0.2) is 17.9 Å². The van der Waals surface area contributed by atoms with Crippen molar-refractivity contribution in [2.24, 2.45) is 5.14 Å². The summed E-state index contributed by atoms with van der Waals surface area (Å²) in [4.78, 5) is 1.60. The molecule has 2 rings (SSSR count). The third-order valence-electron chi connectivity index (χ3n) is 2.60. The van der Waals surface area contributed by atoms with Crippen LogP contribution in [0.5, 0.6) is 0 Å². The van der Waals surface area contributed by atoms with E-state index in [0.717, 1.165) is 6.07 Å². The van der Waals surface area contributed by atoms with Gasteiger partial charge in [0.25, 0.3) is 0 Å². The summed E-state index contributed by atoms with van der Waals surface area (Å²) in [5.41, 5.74) is 0.376. The van der Waals surface area contributed by atoms with Crippen LogP contribution in [0, 0.1) is 5.82 Å². The predicted molar refractivity (Wildman–Crippen MR) is 60.8 cm³/mol. The molecule has 1 saturated heterocycles. The van der Waals surface area contributed by atoms with Gasteiger partial charge in [0, 0.05) is 13.1 Å². The number of hydrogen-bond donors (Lipinski definition) is 1. The third kappa shape index (κ3) is 2.74. The Labute approximate surface area is 99.0 Å². The summed E-state index contributed by atoms with van der Waals surface area (Å²) in [5.74, 6) is -0.585. The van der Waals surface area contributed by atoms with Gasteiger partial charge >= 0.3 is 0 Å². The van der Waals surface area contributed by atoms with E-state index in [1.807, 2.05) is 4.90 Å². The third-order valence-corrected chi connectivity index (χ3v) is 3.51. The standard InChI is InChI=1S/C10H13FN2O3S/c11-9-7-8(17(12,14)15)1-2-10(9)13-3-5-16-6-4-13/h1-2,7H,3-6H2,(H2,12,14,15). The largest absolute Gasteiger partial charge is 0.378 e. The van der Waals surface area contributed by atoms with Crippen LogP contribution in [-0.4, -0.2) is 34.7 Å². The van der Waals surface area contributed by atoms with E-state index < -0.39 is 15.8 Å². The minimum absolute atomic E-state index is 0.216. The Morgan fingerprint density at radius 1 is 1.29 bits per heavy atom. The minimum Gasteiger partial charge on any atom is -0.378 e. The van der Waals surface area contributed by atoms with E-state index in [9.17, 15) is 12.8 Å². The first-order chi connectivity index (χ1) is 7.98. The maximum absolute atomic E-state index is 13.8. The number of rotatable bonds is 2. The molecule has 0 saturated carbocycles. The second-order valence-corrected chi connectivity index (χ2v) is 5.32. The van der Waals surface area contributed by atoms with Crippen LogP contribution in [0.15, 0.2) is 23.1 Å². The van der Waals surface area contributed by atoms with Crippen LogP contribution in [0.3, 0.4) is 0 Å². The molecule has 17 heavy (non-hydrogen) atoms. The molecule has 1 aliphatic rings. The fraction of sp³-hybridized carbons (Fsp3) is 0.400. The molecule has 7 heteroatoms. The molecule has 1 fully saturated rings. The van der Waals surface area contributed by atoms with Gasteiger partial charge in [0.2, 0.25) is 10.0 Å². The fourth-order valence-electron chi connectivity index (χ4n) is 1.73.